The summed E-state index contributed by atoms with van der Waals surface area (Å²) in [6, 6.07) is 14.0. The maximum absolute atomic E-state index is 12.6. The van der Waals surface area contributed by atoms with Gasteiger partial charge in [0.1, 0.15) is 5.52 Å². The van der Waals surface area contributed by atoms with Gasteiger partial charge in [0.15, 0.2) is 10.9 Å². The molecule has 0 spiro atoms. The van der Waals surface area contributed by atoms with Crippen LogP contribution in [0.25, 0.3) is 10.9 Å². The third kappa shape index (κ3) is 3.72. The van der Waals surface area contributed by atoms with Gasteiger partial charge in [-0.3, -0.25) is 14.6 Å². The number of thioether (sulfide) groups is 1. The van der Waals surface area contributed by atoms with Gasteiger partial charge in [0.25, 0.3) is 11.8 Å². The molecule has 140 valence electrons. The van der Waals surface area contributed by atoms with E-state index in [0.29, 0.717) is 17.0 Å². The van der Waals surface area contributed by atoms with Crippen LogP contribution in [-0.4, -0.2) is 32.3 Å². The molecule has 6 nitrogen and oxygen atoms in total. The molecule has 0 saturated carbocycles. The Hall–Kier alpha value is -2.90. The highest BCUT2D eigenvalue weighted by Gasteiger charge is 2.30. The number of amidine groups is 1. The number of fused-ring (bicyclic) bond motifs is 1. The molecule has 2 N–H and O–H groups in total. The van der Waals surface area contributed by atoms with Crippen molar-refractivity contribution in [3.63, 3.8) is 0 Å². The molecule has 28 heavy (non-hydrogen) atoms. The molecule has 4 rings (SSSR count). The minimum Gasteiger partial charge on any atom is -0.505 e. The first kappa shape index (κ1) is 18.5. The predicted molar refractivity (Wildman–Crippen MR) is 110 cm³/mol. The molecule has 8 heteroatoms. The van der Waals surface area contributed by atoms with Gasteiger partial charge in [0.2, 0.25) is 0 Å². The van der Waals surface area contributed by atoms with Crippen LogP contribution in [0.15, 0.2) is 59.7 Å². The number of aromatic hydroxyl groups is 1. The zero-order valence-electron chi connectivity index (χ0n) is 14.4. The van der Waals surface area contributed by atoms with E-state index in [0.717, 1.165) is 10.9 Å². The Labute approximate surface area is 169 Å². The zero-order chi connectivity index (χ0) is 19.7. The van der Waals surface area contributed by atoms with Crippen LogP contribution in [0.1, 0.15) is 15.9 Å². The largest absolute Gasteiger partial charge is 0.505 e. The van der Waals surface area contributed by atoms with Crippen LogP contribution in [0.4, 0.5) is 0 Å². The van der Waals surface area contributed by atoms with Crippen molar-refractivity contribution in [2.45, 2.75) is 11.7 Å². The number of halogens is 1. The smallest absolute Gasteiger partial charge is 0.262 e. The lowest BCUT2D eigenvalue weighted by Crippen LogP contribution is -2.27. The third-order valence-corrected chi connectivity index (χ3v) is 5.61. The Kier molecular flexibility index (Phi) is 5.02. The summed E-state index contributed by atoms with van der Waals surface area (Å²) in [6.45, 7) is 0. The number of nitrogens with zero attached hydrogens (tertiary/aromatic N) is 2. The van der Waals surface area contributed by atoms with E-state index < -0.39 is 11.2 Å². The van der Waals surface area contributed by atoms with E-state index in [1.165, 1.54) is 17.8 Å². The number of aliphatic imine (C=N–C) groups is 1. The number of phenols is 1. The second-order valence-corrected chi connectivity index (χ2v) is 7.81. The van der Waals surface area contributed by atoms with E-state index in [1.54, 1.807) is 36.5 Å². The van der Waals surface area contributed by atoms with Crippen molar-refractivity contribution in [1.29, 1.82) is 0 Å². The number of pyridine rings is 1. The van der Waals surface area contributed by atoms with E-state index in [2.05, 4.69) is 15.3 Å². The predicted octanol–water partition coefficient (Wildman–Crippen LogP) is 3.56. The number of benzene rings is 2. The number of carbonyl (C=O) groups is 2. The van der Waals surface area contributed by atoms with Crippen molar-refractivity contribution >= 4 is 51.2 Å². The van der Waals surface area contributed by atoms with Crippen LogP contribution in [0.3, 0.4) is 0 Å². The van der Waals surface area contributed by atoms with E-state index in [1.807, 2.05) is 12.1 Å². The Morgan fingerprint density at radius 2 is 1.96 bits per heavy atom. The molecule has 0 aliphatic carbocycles. The van der Waals surface area contributed by atoms with Gasteiger partial charge in [0.05, 0.1) is 10.8 Å². The number of carbonyl (C=O) groups excluding carboxylic acids is 2. The number of amides is 2. The van der Waals surface area contributed by atoms with Crippen LogP contribution >= 0.6 is 23.4 Å². The molecular weight excluding hydrogens is 398 g/mol. The molecule has 3 aromatic rings. The van der Waals surface area contributed by atoms with Crippen LogP contribution in [-0.2, 0) is 11.2 Å². The van der Waals surface area contributed by atoms with Crippen molar-refractivity contribution in [1.82, 2.24) is 10.3 Å². The quantitative estimate of drug-likeness (QED) is 0.687. The SMILES string of the molecule is O=C(NC1=NC(=O)C(Cc2ccc(Cl)cc2)S1)c1ccc2cccnc2c1O. The number of hydrogen-bond acceptors (Lipinski definition) is 5. The number of rotatable bonds is 3. The van der Waals surface area contributed by atoms with Gasteiger partial charge in [-0.1, -0.05) is 47.6 Å². The van der Waals surface area contributed by atoms with Crippen molar-refractivity contribution in [3.05, 3.63) is 70.9 Å². The van der Waals surface area contributed by atoms with Gasteiger partial charge in [0, 0.05) is 16.6 Å². The van der Waals surface area contributed by atoms with Gasteiger partial charge in [-0.25, -0.2) is 0 Å². The minimum absolute atomic E-state index is 0.0723. The second-order valence-electron chi connectivity index (χ2n) is 6.18. The molecule has 2 heterocycles. The van der Waals surface area contributed by atoms with Crippen LogP contribution in [0, 0.1) is 0 Å². The van der Waals surface area contributed by atoms with Gasteiger partial charge in [-0.05, 0) is 36.2 Å². The molecule has 1 aliphatic heterocycles. The Bertz CT molecular complexity index is 1120. The van der Waals surface area contributed by atoms with Crippen LogP contribution in [0.2, 0.25) is 5.02 Å². The average molecular weight is 412 g/mol. The van der Waals surface area contributed by atoms with Crippen LogP contribution < -0.4 is 5.32 Å². The molecular formula is C20H14ClN3O3S. The normalized spacial score (nSPS) is 16.2. The highest BCUT2D eigenvalue weighted by atomic mass is 35.5. The molecule has 1 aromatic heterocycles. The fraction of sp³-hybridized carbons (Fsp3) is 0.100. The Morgan fingerprint density at radius 1 is 1.18 bits per heavy atom. The van der Waals surface area contributed by atoms with Crippen molar-refractivity contribution in [2.75, 3.05) is 0 Å². The molecule has 1 unspecified atom stereocenters. The minimum atomic E-state index is -0.545. The van der Waals surface area contributed by atoms with Gasteiger partial charge in [-0.15, -0.1) is 0 Å². The van der Waals surface area contributed by atoms with Crippen LogP contribution in [0.5, 0.6) is 5.75 Å². The number of hydrogen-bond donors (Lipinski definition) is 2. The molecule has 0 fully saturated rings. The maximum Gasteiger partial charge on any atom is 0.262 e. The summed E-state index contributed by atoms with van der Waals surface area (Å²) in [5.74, 6) is -1.06. The summed E-state index contributed by atoms with van der Waals surface area (Å²) in [4.78, 5) is 32.8. The number of nitrogens with one attached hydrogen (secondary N) is 1. The molecule has 1 atom stereocenters. The maximum atomic E-state index is 12.6. The zero-order valence-corrected chi connectivity index (χ0v) is 16.0. The summed E-state index contributed by atoms with van der Waals surface area (Å²) in [5, 5.41) is 14.1. The first-order chi connectivity index (χ1) is 13.5. The van der Waals surface area contributed by atoms with E-state index in [-0.39, 0.29) is 22.4 Å². The highest BCUT2D eigenvalue weighted by Crippen LogP contribution is 2.28. The van der Waals surface area contributed by atoms with Crippen molar-refractivity contribution in [2.24, 2.45) is 4.99 Å². The fourth-order valence-electron chi connectivity index (χ4n) is 2.88. The van der Waals surface area contributed by atoms with Crippen molar-refractivity contribution in [3.8, 4) is 5.75 Å². The highest BCUT2D eigenvalue weighted by molar-refractivity contribution is 8.15. The third-order valence-electron chi connectivity index (χ3n) is 4.29. The van der Waals surface area contributed by atoms with E-state index >= 15 is 0 Å². The summed E-state index contributed by atoms with van der Waals surface area (Å²) in [5.41, 5.74) is 1.37. The molecule has 2 amide bonds. The molecule has 2 aromatic carbocycles. The first-order valence-electron chi connectivity index (χ1n) is 8.43. The Morgan fingerprint density at radius 3 is 2.75 bits per heavy atom. The monoisotopic (exact) mass is 411 g/mol. The summed E-state index contributed by atoms with van der Waals surface area (Å²) < 4.78 is 0. The lowest BCUT2D eigenvalue weighted by Gasteiger charge is -2.09. The molecule has 0 radical (unpaired) electrons. The lowest BCUT2D eigenvalue weighted by molar-refractivity contribution is -0.117. The summed E-state index contributed by atoms with van der Waals surface area (Å²) >= 11 is 7.07. The molecule has 0 saturated heterocycles. The lowest BCUT2D eigenvalue weighted by atomic mass is 10.1. The number of phenolic OH excluding ortho intramolecular Hbond substituents is 1. The molecule has 1 aliphatic rings. The average Bonchev–Trinajstić information content (AvgIpc) is 3.02. The number of aromatic nitrogens is 1. The summed E-state index contributed by atoms with van der Waals surface area (Å²) in [6.07, 6.45) is 2.02. The van der Waals surface area contributed by atoms with Gasteiger partial charge >= 0.3 is 0 Å². The van der Waals surface area contributed by atoms with Crippen molar-refractivity contribution < 1.29 is 14.7 Å². The molecule has 0 bridgehead atoms. The van der Waals surface area contributed by atoms with E-state index in [9.17, 15) is 14.7 Å². The first-order valence-corrected chi connectivity index (χ1v) is 9.69. The Balaban J connectivity index is 1.47. The van der Waals surface area contributed by atoms with Gasteiger partial charge in [-0.2, -0.15) is 4.99 Å². The topological polar surface area (TPSA) is 91.7 Å². The summed E-state index contributed by atoms with van der Waals surface area (Å²) in [7, 11) is 0. The van der Waals surface area contributed by atoms with Gasteiger partial charge < -0.3 is 10.4 Å². The van der Waals surface area contributed by atoms with E-state index in [4.69, 9.17) is 11.6 Å². The second kappa shape index (κ2) is 7.61. The fourth-order valence-corrected chi connectivity index (χ4v) is 4.00. The standard InChI is InChI=1S/C20H14ClN3O3S/c21-13-6-3-11(4-7-13)10-15-19(27)24-20(28-15)23-18(26)14-8-5-12-2-1-9-22-16(12)17(14)25/h1-9,15,25H,10H2,(H,23,24,26,27).